The van der Waals surface area contributed by atoms with Crippen LogP contribution in [-0.4, -0.2) is 23.1 Å². The lowest BCUT2D eigenvalue weighted by atomic mass is 9.89. The van der Waals surface area contributed by atoms with Crippen molar-refractivity contribution in [1.82, 2.24) is 4.90 Å². The van der Waals surface area contributed by atoms with E-state index in [1.807, 2.05) is 18.2 Å². The fraction of sp³-hybridized carbons (Fsp3) is 0.250. The number of piperidine rings is 1. The smallest absolute Gasteiger partial charge is 0.120 e. The van der Waals surface area contributed by atoms with Crippen LogP contribution in [0.3, 0.4) is 0 Å². The van der Waals surface area contributed by atoms with E-state index in [-0.39, 0.29) is 0 Å². The van der Waals surface area contributed by atoms with Gasteiger partial charge in [-0.1, -0.05) is 66.7 Å². The zero-order valence-electron chi connectivity index (χ0n) is 15.0. The molecule has 1 aliphatic heterocycles. The minimum absolute atomic E-state index is 0.398. The van der Waals surface area contributed by atoms with Gasteiger partial charge in [-0.05, 0) is 60.7 Å². The second-order valence-corrected chi connectivity index (χ2v) is 7.17. The van der Waals surface area contributed by atoms with E-state index in [0.29, 0.717) is 11.7 Å². The van der Waals surface area contributed by atoms with E-state index >= 15 is 0 Å². The zero-order chi connectivity index (χ0) is 17.8. The molecular weight excluding hydrogens is 318 g/mol. The number of likely N-dealkylation sites (tertiary alicyclic amines) is 1. The maximum atomic E-state index is 10.3. The first-order valence-corrected chi connectivity index (χ1v) is 9.44. The highest BCUT2D eigenvalue weighted by atomic mass is 16.3. The third-order valence-electron chi connectivity index (χ3n) is 5.44. The lowest BCUT2D eigenvalue weighted by Gasteiger charge is -2.32. The largest absolute Gasteiger partial charge is 0.508 e. The van der Waals surface area contributed by atoms with Gasteiger partial charge >= 0.3 is 0 Å². The molecule has 2 nitrogen and oxygen atoms in total. The Labute approximate surface area is 155 Å². The van der Waals surface area contributed by atoms with Crippen molar-refractivity contribution in [3.8, 4) is 16.9 Å². The van der Waals surface area contributed by atoms with Crippen molar-refractivity contribution in [3.63, 3.8) is 0 Å². The highest BCUT2D eigenvalue weighted by Crippen LogP contribution is 2.31. The summed E-state index contributed by atoms with van der Waals surface area (Å²) in [6, 6.07) is 27.2. The second kappa shape index (κ2) is 7.76. The van der Waals surface area contributed by atoms with E-state index in [9.17, 15) is 5.11 Å². The predicted molar refractivity (Wildman–Crippen MR) is 107 cm³/mol. The van der Waals surface area contributed by atoms with Crippen molar-refractivity contribution in [2.24, 2.45) is 0 Å². The van der Waals surface area contributed by atoms with E-state index in [1.54, 1.807) is 0 Å². The second-order valence-electron chi connectivity index (χ2n) is 7.17. The van der Waals surface area contributed by atoms with Crippen LogP contribution in [0.15, 0.2) is 78.9 Å². The summed E-state index contributed by atoms with van der Waals surface area (Å²) in [6.07, 6.45) is 2.37. The molecule has 0 spiro atoms. The van der Waals surface area contributed by atoms with E-state index in [0.717, 1.165) is 30.8 Å². The average Bonchev–Trinajstić information content (AvgIpc) is 2.71. The average molecular weight is 343 g/mol. The molecule has 0 atom stereocenters. The Morgan fingerprint density at radius 1 is 0.769 bits per heavy atom. The Kier molecular flexibility index (Phi) is 5.03. The molecule has 1 aliphatic rings. The topological polar surface area (TPSA) is 23.5 Å². The Morgan fingerprint density at radius 3 is 2.12 bits per heavy atom. The number of aromatic hydroxyl groups is 1. The molecule has 3 aromatic carbocycles. The number of phenols is 1. The van der Waals surface area contributed by atoms with Gasteiger partial charge in [0, 0.05) is 12.1 Å². The first kappa shape index (κ1) is 16.9. The Morgan fingerprint density at radius 2 is 1.42 bits per heavy atom. The molecule has 0 saturated carbocycles. The molecule has 1 fully saturated rings. The van der Waals surface area contributed by atoms with Gasteiger partial charge in [-0.3, -0.25) is 4.90 Å². The molecule has 0 aliphatic carbocycles. The first-order chi connectivity index (χ1) is 12.8. The van der Waals surface area contributed by atoms with Crippen molar-refractivity contribution in [2.45, 2.75) is 25.3 Å². The molecule has 1 N–H and O–H groups in total. The van der Waals surface area contributed by atoms with Gasteiger partial charge in [0.15, 0.2) is 0 Å². The van der Waals surface area contributed by atoms with Crippen LogP contribution in [0.2, 0.25) is 0 Å². The molecule has 0 aromatic heterocycles. The number of hydrogen-bond acceptors (Lipinski definition) is 2. The van der Waals surface area contributed by atoms with Crippen molar-refractivity contribution < 1.29 is 5.11 Å². The summed E-state index contributed by atoms with van der Waals surface area (Å²) in [6.45, 7) is 2.97. The van der Waals surface area contributed by atoms with Crippen molar-refractivity contribution >= 4 is 0 Å². The molecule has 0 radical (unpaired) electrons. The van der Waals surface area contributed by atoms with Gasteiger partial charge in [0.1, 0.15) is 5.75 Å². The van der Waals surface area contributed by atoms with Gasteiger partial charge in [-0.2, -0.15) is 0 Å². The summed E-state index contributed by atoms with van der Waals surface area (Å²) < 4.78 is 0. The van der Waals surface area contributed by atoms with Crippen LogP contribution in [0.1, 0.15) is 29.9 Å². The van der Waals surface area contributed by atoms with Gasteiger partial charge in [-0.15, -0.1) is 0 Å². The third-order valence-corrected chi connectivity index (χ3v) is 5.44. The fourth-order valence-corrected chi connectivity index (χ4v) is 3.91. The fourth-order valence-electron chi connectivity index (χ4n) is 3.91. The van der Waals surface area contributed by atoms with E-state index in [1.165, 1.54) is 24.0 Å². The number of hydrogen-bond donors (Lipinski definition) is 1. The summed E-state index contributed by atoms with van der Waals surface area (Å²) in [7, 11) is 0. The molecule has 0 amide bonds. The Hall–Kier alpha value is -2.58. The van der Waals surface area contributed by atoms with E-state index < -0.39 is 0 Å². The molecular formula is C24H25NO. The Balaban J connectivity index is 1.43. The van der Waals surface area contributed by atoms with Gasteiger partial charge < -0.3 is 5.11 Å². The summed E-state index contributed by atoms with van der Waals surface area (Å²) >= 11 is 0. The highest BCUT2D eigenvalue weighted by molar-refractivity contribution is 5.65. The van der Waals surface area contributed by atoms with Crippen molar-refractivity contribution in [2.75, 3.05) is 13.1 Å². The van der Waals surface area contributed by atoms with Crippen LogP contribution < -0.4 is 0 Å². The van der Waals surface area contributed by atoms with Crippen LogP contribution in [0.25, 0.3) is 11.1 Å². The molecule has 132 valence electrons. The normalized spacial score (nSPS) is 15.8. The molecule has 0 unspecified atom stereocenters. The third kappa shape index (κ3) is 3.81. The predicted octanol–water partition coefficient (Wildman–Crippen LogP) is 5.44. The quantitative estimate of drug-likeness (QED) is 0.682. The summed E-state index contributed by atoms with van der Waals surface area (Å²) in [5.74, 6) is 1.06. The van der Waals surface area contributed by atoms with Gasteiger partial charge in [0.25, 0.3) is 0 Å². The number of benzene rings is 3. The number of rotatable bonds is 4. The lowest BCUT2D eigenvalue weighted by molar-refractivity contribution is 0.202. The summed E-state index contributed by atoms with van der Waals surface area (Å²) in [4.78, 5) is 2.46. The first-order valence-electron chi connectivity index (χ1n) is 9.44. The summed E-state index contributed by atoms with van der Waals surface area (Å²) in [5, 5.41) is 10.3. The minimum atomic E-state index is 0.398. The van der Waals surface area contributed by atoms with Gasteiger partial charge in [0.05, 0.1) is 0 Å². The zero-order valence-corrected chi connectivity index (χ0v) is 15.0. The van der Waals surface area contributed by atoms with Crippen LogP contribution in [0.5, 0.6) is 5.75 Å². The molecule has 2 heteroatoms. The maximum Gasteiger partial charge on any atom is 0.120 e. The monoisotopic (exact) mass is 343 g/mol. The highest BCUT2D eigenvalue weighted by Gasteiger charge is 2.21. The number of phenolic OH excluding ortho intramolecular Hbond substituents is 1. The van der Waals surface area contributed by atoms with Crippen LogP contribution in [0.4, 0.5) is 0 Å². The molecule has 1 saturated heterocycles. The van der Waals surface area contributed by atoms with Gasteiger partial charge in [0.2, 0.25) is 0 Å². The molecule has 26 heavy (non-hydrogen) atoms. The van der Waals surface area contributed by atoms with Crippen LogP contribution in [0, 0.1) is 0 Å². The Bertz CT molecular complexity index is 837. The standard InChI is InChI=1S/C24H25NO/c26-24-12-11-22(20-9-5-2-6-10-20)17-23(24)18-25-15-13-21(14-16-25)19-7-3-1-4-8-19/h1-12,17,21,26H,13-16,18H2. The van der Waals surface area contributed by atoms with Crippen LogP contribution in [-0.2, 0) is 6.54 Å². The molecule has 1 heterocycles. The number of nitrogens with zero attached hydrogens (tertiary/aromatic N) is 1. The molecule has 3 aromatic rings. The molecule has 0 bridgehead atoms. The minimum Gasteiger partial charge on any atom is -0.508 e. The van der Waals surface area contributed by atoms with Crippen molar-refractivity contribution in [1.29, 1.82) is 0 Å². The van der Waals surface area contributed by atoms with E-state index in [2.05, 4.69) is 65.6 Å². The van der Waals surface area contributed by atoms with Crippen LogP contribution >= 0.6 is 0 Å². The lowest BCUT2D eigenvalue weighted by Crippen LogP contribution is -2.32. The summed E-state index contributed by atoms with van der Waals surface area (Å²) in [5.41, 5.74) is 4.83. The van der Waals surface area contributed by atoms with Gasteiger partial charge in [-0.25, -0.2) is 0 Å². The molecule has 4 rings (SSSR count). The maximum absolute atomic E-state index is 10.3. The SMILES string of the molecule is Oc1ccc(-c2ccccc2)cc1CN1CCC(c2ccccc2)CC1. The van der Waals surface area contributed by atoms with Crippen molar-refractivity contribution in [3.05, 3.63) is 90.0 Å². The van der Waals surface area contributed by atoms with E-state index in [4.69, 9.17) is 0 Å².